The highest BCUT2D eigenvalue weighted by Gasteiger charge is 2.32. The Morgan fingerprint density at radius 3 is 2.48 bits per heavy atom. The van der Waals surface area contributed by atoms with Crippen molar-refractivity contribution in [1.82, 2.24) is 4.90 Å². The van der Waals surface area contributed by atoms with Gasteiger partial charge in [0, 0.05) is 18.8 Å². The Hall–Kier alpha value is -1.59. The molecule has 25 heavy (non-hydrogen) atoms. The molecule has 1 aromatic rings. The molecule has 0 aromatic heterocycles. The number of nitrogens with one attached hydrogen (secondary N) is 1. The summed E-state index contributed by atoms with van der Waals surface area (Å²) < 4.78 is 11.5. The Bertz CT molecular complexity index is 518. The molecule has 0 aliphatic carbocycles. The van der Waals surface area contributed by atoms with Gasteiger partial charge < -0.3 is 14.8 Å². The van der Waals surface area contributed by atoms with Gasteiger partial charge in [-0.1, -0.05) is 13.3 Å². The highest BCUT2D eigenvalue weighted by atomic mass is 16.5. The SMILES string of the molecule is CCCC(C)(OCC)C(=O)Nc1ccc(OCCN2CCCC2)cc1. The van der Waals surface area contributed by atoms with Crippen molar-refractivity contribution in [1.29, 1.82) is 0 Å². The van der Waals surface area contributed by atoms with Crippen LogP contribution in [0.5, 0.6) is 5.75 Å². The number of rotatable bonds is 10. The van der Waals surface area contributed by atoms with Crippen LogP contribution in [0.2, 0.25) is 0 Å². The molecule has 0 saturated carbocycles. The normalized spacial score (nSPS) is 17.2. The molecule has 1 saturated heterocycles. The average Bonchev–Trinajstić information content (AvgIpc) is 3.10. The molecule has 1 atom stereocenters. The molecule has 0 bridgehead atoms. The lowest BCUT2D eigenvalue weighted by Crippen LogP contribution is -2.42. The number of likely N-dealkylation sites (tertiary alicyclic amines) is 1. The van der Waals surface area contributed by atoms with Crippen molar-refractivity contribution < 1.29 is 14.3 Å². The minimum atomic E-state index is -0.783. The van der Waals surface area contributed by atoms with Gasteiger partial charge in [-0.2, -0.15) is 0 Å². The Morgan fingerprint density at radius 2 is 1.88 bits per heavy atom. The van der Waals surface area contributed by atoms with Crippen molar-refractivity contribution in [3.8, 4) is 5.75 Å². The minimum Gasteiger partial charge on any atom is -0.492 e. The van der Waals surface area contributed by atoms with Crippen molar-refractivity contribution in [3.63, 3.8) is 0 Å². The van der Waals surface area contributed by atoms with Crippen LogP contribution < -0.4 is 10.1 Å². The highest BCUT2D eigenvalue weighted by Crippen LogP contribution is 2.22. The van der Waals surface area contributed by atoms with Crippen molar-refractivity contribution in [2.45, 2.75) is 52.1 Å². The maximum atomic E-state index is 12.5. The molecular formula is C20H32N2O3. The number of anilines is 1. The molecule has 5 nitrogen and oxygen atoms in total. The van der Waals surface area contributed by atoms with Crippen molar-refractivity contribution in [3.05, 3.63) is 24.3 Å². The van der Waals surface area contributed by atoms with Crippen molar-refractivity contribution in [2.75, 3.05) is 38.2 Å². The first-order valence-corrected chi connectivity index (χ1v) is 9.48. The Kier molecular flexibility index (Phi) is 7.72. The number of benzene rings is 1. The molecule has 0 spiro atoms. The van der Waals surface area contributed by atoms with Crippen LogP contribution in [-0.2, 0) is 9.53 Å². The van der Waals surface area contributed by atoms with E-state index in [9.17, 15) is 4.79 Å². The number of carbonyl (C=O) groups excluding carboxylic acids is 1. The fraction of sp³-hybridized carbons (Fsp3) is 0.650. The van der Waals surface area contributed by atoms with Crippen molar-refractivity contribution >= 4 is 11.6 Å². The van der Waals surface area contributed by atoms with Crippen LogP contribution in [-0.4, -0.2) is 49.3 Å². The van der Waals surface area contributed by atoms with E-state index in [1.54, 1.807) is 0 Å². The molecule has 1 fully saturated rings. The quantitative estimate of drug-likeness (QED) is 0.700. The summed E-state index contributed by atoms with van der Waals surface area (Å²) in [6.07, 6.45) is 4.19. The fourth-order valence-corrected chi connectivity index (χ4v) is 3.24. The van der Waals surface area contributed by atoms with E-state index in [4.69, 9.17) is 9.47 Å². The van der Waals surface area contributed by atoms with Crippen molar-refractivity contribution in [2.24, 2.45) is 0 Å². The molecule has 0 radical (unpaired) electrons. The van der Waals surface area contributed by atoms with E-state index < -0.39 is 5.60 Å². The van der Waals surface area contributed by atoms with Gasteiger partial charge in [-0.05, 0) is 70.5 Å². The van der Waals surface area contributed by atoms with Crippen LogP contribution in [0.25, 0.3) is 0 Å². The summed E-state index contributed by atoms with van der Waals surface area (Å²) in [6.45, 7) is 10.4. The van der Waals surface area contributed by atoms with Gasteiger partial charge in [-0.3, -0.25) is 9.69 Å². The molecule has 1 aliphatic heterocycles. The van der Waals surface area contributed by atoms with Crippen LogP contribution in [0.15, 0.2) is 24.3 Å². The summed E-state index contributed by atoms with van der Waals surface area (Å²) in [5.41, 5.74) is -0.0204. The minimum absolute atomic E-state index is 0.0982. The number of carbonyl (C=O) groups is 1. The van der Waals surface area contributed by atoms with E-state index in [0.717, 1.165) is 24.4 Å². The van der Waals surface area contributed by atoms with Gasteiger partial charge in [0.25, 0.3) is 5.91 Å². The van der Waals surface area contributed by atoms with Gasteiger partial charge in [0.2, 0.25) is 0 Å². The van der Waals surface area contributed by atoms with E-state index in [2.05, 4.69) is 17.1 Å². The summed E-state index contributed by atoms with van der Waals surface area (Å²) in [5.74, 6) is 0.734. The zero-order valence-corrected chi connectivity index (χ0v) is 15.8. The van der Waals surface area contributed by atoms with Gasteiger partial charge in [0.05, 0.1) is 0 Å². The molecule has 5 heteroatoms. The maximum absolute atomic E-state index is 12.5. The van der Waals surface area contributed by atoms with E-state index in [1.807, 2.05) is 38.1 Å². The van der Waals surface area contributed by atoms with E-state index in [-0.39, 0.29) is 5.91 Å². The van der Waals surface area contributed by atoms with E-state index in [0.29, 0.717) is 19.6 Å². The summed E-state index contributed by atoms with van der Waals surface area (Å²) in [5, 5.41) is 2.95. The number of nitrogens with zero attached hydrogens (tertiary/aromatic N) is 1. The molecule has 2 rings (SSSR count). The third-order valence-corrected chi connectivity index (χ3v) is 4.66. The first kappa shape index (κ1) is 19.7. The topological polar surface area (TPSA) is 50.8 Å². The Morgan fingerprint density at radius 1 is 1.20 bits per heavy atom. The average molecular weight is 348 g/mol. The molecule has 140 valence electrons. The molecule has 1 heterocycles. The first-order chi connectivity index (χ1) is 12.1. The predicted molar refractivity (Wildman–Crippen MR) is 101 cm³/mol. The molecule has 1 N–H and O–H groups in total. The third kappa shape index (κ3) is 6.01. The highest BCUT2D eigenvalue weighted by molar-refractivity contribution is 5.97. The van der Waals surface area contributed by atoms with Crippen LogP contribution in [0.3, 0.4) is 0 Å². The second kappa shape index (κ2) is 9.78. The summed E-state index contributed by atoms with van der Waals surface area (Å²) >= 11 is 0. The van der Waals surface area contributed by atoms with Crippen LogP contribution in [0, 0.1) is 0 Å². The zero-order chi connectivity index (χ0) is 18.1. The maximum Gasteiger partial charge on any atom is 0.256 e. The Balaban J connectivity index is 1.83. The second-order valence-corrected chi connectivity index (χ2v) is 6.79. The van der Waals surface area contributed by atoms with Gasteiger partial charge >= 0.3 is 0 Å². The van der Waals surface area contributed by atoms with E-state index >= 15 is 0 Å². The smallest absolute Gasteiger partial charge is 0.256 e. The predicted octanol–water partition coefficient (Wildman–Crippen LogP) is 3.70. The lowest BCUT2D eigenvalue weighted by molar-refractivity contribution is -0.139. The monoisotopic (exact) mass is 348 g/mol. The van der Waals surface area contributed by atoms with Crippen LogP contribution in [0.1, 0.15) is 46.5 Å². The molecular weight excluding hydrogens is 316 g/mol. The van der Waals surface area contributed by atoms with E-state index in [1.165, 1.54) is 25.9 Å². The van der Waals surface area contributed by atoms with Gasteiger partial charge in [0.15, 0.2) is 0 Å². The number of hydrogen-bond donors (Lipinski definition) is 1. The molecule has 1 amide bonds. The lowest BCUT2D eigenvalue weighted by atomic mass is 9.99. The third-order valence-electron chi connectivity index (χ3n) is 4.66. The number of ether oxygens (including phenoxy) is 2. The van der Waals surface area contributed by atoms with Crippen LogP contribution in [0.4, 0.5) is 5.69 Å². The summed E-state index contributed by atoms with van der Waals surface area (Å²) in [7, 11) is 0. The van der Waals surface area contributed by atoms with Crippen LogP contribution >= 0.6 is 0 Å². The number of hydrogen-bond acceptors (Lipinski definition) is 4. The lowest BCUT2D eigenvalue weighted by Gasteiger charge is -2.27. The molecule has 1 aliphatic rings. The number of amides is 1. The first-order valence-electron chi connectivity index (χ1n) is 9.48. The standard InChI is InChI=1S/C20H32N2O3/c1-4-12-20(3,25-5-2)19(23)21-17-8-10-18(11-9-17)24-16-15-22-13-6-7-14-22/h8-11H,4-7,12-16H2,1-3H3,(H,21,23). The van der Waals surface area contributed by atoms with Gasteiger partial charge in [-0.25, -0.2) is 0 Å². The molecule has 1 unspecified atom stereocenters. The van der Waals surface area contributed by atoms with Gasteiger partial charge in [0.1, 0.15) is 18.0 Å². The Labute approximate surface area is 151 Å². The summed E-state index contributed by atoms with van der Waals surface area (Å²) in [6, 6.07) is 7.55. The largest absolute Gasteiger partial charge is 0.492 e. The zero-order valence-electron chi connectivity index (χ0n) is 15.8. The fourth-order valence-electron chi connectivity index (χ4n) is 3.24. The second-order valence-electron chi connectivity index (χ2n) is 6.79. The molecule has 1 aromatic carbocycles. The van der Waals surface area contributed by atoms with Gasteiger partial charge in [-0.15, -0.1) is 0 Å². The summed E-state index contributed by atoms with van der Waals surface area (Å²) in [4.78, 5) is 15.0.